The van der Waals surface area contributed by atoms with Crippen LogP contribution >= 0.6 is 0 Å². The van der Waals surface area contributed by atoms with Gasteiger partial charge in [-0.2, -0.15) is 9.57 Å². The second-order valence-electron chi connectivity index (χ2n) is 9.05. The summed E-state index contributed by atoms with van der Waals surface area (Å²) in [5.41, 5.74) is 3.06. The molecule has 0 aliphatic carbocycles. The van der Waals surface area contributed by atoms with Crippen molar-refractivity contribution in [2.24, 2.45) is 0 Å². The fraction of sp³-hybridized carbons (Fsp3) is 0.370. The third-order valence-electron chi connectivity index (χ3n) is 6.96. The van der Waals surface area contributed by atoms with E-state index >= 15 is 0 Å². The van der Waals surface area contributed by atoms with Crippen molar-refractivity contribution in [1.82, 2.24) is 19.2 Å². The Morgan fingerprint density at radius 3 is 2.11 bits per heavy atom. The molecule has 0 atom stereocenters. The number of piperidine rings is 1. The number of pyridine rings is 2. The lowest BCUT2D eigenvalue weighted by atomic mass is 9.69. The predicted octanol–water partition coefficient (Wildman–Crippen LogP) is 3.43. The highest BCUT2D eigenvalue weighted by Crippen LogP contribution is 2.40. The minimum Gasteiger partial charge on any atom is -0.302 e. The van der Waals surface area contributed by atoms with Gasteiger partial charge in [-0.05, 0) is 66.9 Å². The van der Waals surface area contributed by atoms with Crippen LogP contribution in [0.5, 0.6) is 0 Å². The molecule has 182 valence electrons. The molecule has 0 unspecified atom stereocenters. The summed E-state index contributed by atoms with van der Waals surface area (Å²) >= 11 is 0. The van der Waals surface area contributed by atoms with Gasteiger partial charge >= 0.3 is 0 Å². The van der Waals surface area contributed by atoms with Crippen LogP contribution in [-0.4, -0.2) is 66.1 Å². The first kappa shape index (κ1) is 25.0. The highest BCUT2D eigenvalue weighted by molar-refractivity contribution is 7.88. The molecule has 1 aliphatic heterocycles. The Morgan fingerprint density at radius 2 is 1.63 bits per heavy atom. The van der Waals surface area contributed by atoms with E-state index in [0.29, 0.717) is 18.7 Å². The summed E-state index contributed by atoms with van der Waals surface area (Å²) in [7, 11) is -3.24. The number of hydrogen-bond donors (Lipinski definition) is 0. The number of likely N-dealkylation sites (tertiary alicyclic amines) is 1. The maximum absolute atomic E-state index is 12.3. The van der Waals surface area contributed by atoms with Gasteiger partial charge in [-0.3, -0.25) is 9.97 Å². The first-order chi connectivity index (χ1) is 16.9. The van der Waals surface area contributed by atoms with Gasteiger partial charge in [0, 0.05) is 43.9 Å². The summed E-state index contributed by atoms with van der Waals surface area (Å²) in [6, 6.07) is 18.1. The zero-order valence-corrected chi connectivity index (χ0v) is 21.0. The van der Waals surface area contributed by atoms with Crippen LogP contribution in [0.4, 0.5) is 0 Å². The number of aromatic nitrogens is 2. The highest BCUT2D eigenvalue weighted by Gasteiger charge is 2.40. The Balaban J connectivity index is 1.75. The molecule has 2 aromatic heterocycles. The van der Waals surface area contributed by atoms with Crippen molar-refractivity contribution < 1.29 is 8.42 Å². The van der Waals surface area contributed by atoms with Crippen molar-refractivity contribution in [3.05, 3.63) is 95.6 Å². The Hall–Kier alpha value is -3.12. The fourth-order valence-electron chi connectivity index (χ4n) is 5.32. The largest absolute Gasteiger partial charge is 0.302 e. The molecule has 35 heavy (non-hydrogen) atoms. The van der Waals surface area contributed by atoms with Crippen LogP contribution in [0.1, 0.15) is 42.0 Å². The van der Waals surface area contributed by atoms with Gasteiger partial charge in [0.05, 0.1) is 23.3 Å². The summed E-state index contributed by atoms with van der Waals surface area (Å²) in [5, 5.41) is 9.62. The number of nitrogens with zero attached hydrogens (tertiary/aromatic N) is 5. The second kappa shape index (κ2) is 10.6. The Kier molecular flexibility index (Phi) is 7.60. The number of benzene rings is 1. The smallest absolute Gasteiger partial charge is 0.211 e. The van der Waals surface area contributed by atoms with Gasteiger partial charge in [-0.1, -0.05) is 31.2 Å². The molecule has 0 bridgehead atoms. The van der Waals surface area contributed by atoms with E-state index in [1.54, 1.807) is 16.7 Å². The third kappa shape index (κ3) is 5.27. The van der Waals surface area contributed by atoms with Crippen molar-refractivity contribution in [3.63, 3.8) is 0 Å². The normalized spacial score (nSPS) is 15.7. The van der Waals surface area contributed by atoms with Gasteiger partial charge in [0.2, 0.25) is 10.0 Å². The average molecular weight is 490 g/mol. The first-order valence-corrected chi connectivity index (χ1v) is 13.7. The highest BCUT2D eigenvalue weighted by atomic mass is 32.2. The third-order valence-corrected chi connectivity index (χ3v) is 8.36. The second-order valence-corrected chi connectivity index (χ2v) is 11.0. The lowest BCUT2D eigenvalue weighted by molar-refractivity contribution is 0.148. The minimum absolute atomic E-state index is 0.0133. The van der Waals surface area contributed by atoms with E-state index in [9.17, 15) is 13.7 Å². The Labute approximate surface area is 208 Å². The van der Waals surface area contributed by atoms with E-state index in [4.69, 9.17) is 0 Å². The number of rotatable bonds is 8. The number of nitriles is 1. The van der Waals surface area contributed by atoms with Gasteiger partial charge in [0.15, 0.2) is 0 Å². The van der Waals surface area contributed by atoms with E-state index in [0.717, 1.165) is 42.6 Å². The lowest BCUT2D eigenvalue weighted by Crippen LogP contribution is -2.50. The average Bonchev–Trinajstić information content (AvgIpc) is 2.89. The summed E-state index contributed by atoms with van der Waals surface area (Å²) in [6.45, 7) is 4.59. The molecule has 3 aromatic rings. The summed E-state index contributed by atoms with van der Waals surface area (Å²) in [4.78, 5) is 11.3. The van der Waals surface area contributed by atoms with E-state index in [-0.39, 0.29) is 6.04 Å². The van der Waals surface area contributed by atoms with Crippen LogP contribution in [0, 0.1) is 11.3 Å². The van der Waals surface area contributed by atoms with Crippen LogP contribution in [0.25, 0.3) is 0 Å². The van der Waals surface area contributed by atoms with E-state index in [1.165, 1.54) is 6.26 Å². The topological polar surface area (TPSA) is 90.2 Å². The van der Waals surface area contributed by atoms with Crippen LogP contribution in [-0.2, 0) is 15.4 Å². The quantitative estimate of drug-likeness (QED) is 0.482. The standard InChI is InChI=1S/C27H31N5O2S/c1-3-32(35(2,33)34)26-11-15-31(16-12-26)21-27(24-9-5-13-29-19-24,25-10-6-14-30-20-25)23-8-4-7-22(17-23)18-28/h4-10,13-14,17,19-20,26H,3,11-12,15-16,21H2,1-2H3. The Morgan fingerprint density at radius 1 is 1.03 bits per heavy atom. The molecule has 1 aliphatic rings. The van der Waals surface area contributed by atoms with Gasteiger partial charge in [-0.25, -0.2) is 8.42 Å². The first-order valence-electron chi connectivity index (χ1n) is 11.9. The zero-order chi connectivity index (χ0) is 24.9. The molecule has 0 spiro atoms. The molecule has 3 heterocycles. The molecular weight excluding hydrogens is 458 g/mol. The van der Waals surface area contributed by atoms with Gasteiger partial charge in [-0.15, -0.1) is 0 Å². The van der Waals surface area contributed by atoms with Crippen LogP contribution in [0.3, 0.4) is 0 Å². The molecule has 7 nitrogen and oxygen atoms in total. The molecule has 0 radical (unpaired) electrons. The van der Waals surface area contributed by atoms with Crippen molar-refractivity contribution in [3.8, 4) is 6.07 Å². The van der Waals surface area contributed by atoms with Crippen LogP contribution < -0.4 is 0 Å². The predicted molar refractivity (Wildman–Crippen MR) is 136 cm³/mol. The van der Waals surface area contributed by atoms with Crippen LogP contribution in [0.2, 0.25) is 0 Å². The summed E-state index contributed by atoms with van der Waals surface area (Å²) in [5.74, 6) is 0. The molecule has 0 N–H and O–H groups in total. The van der Waals surface area contributed by atoms with E-state index in [2.05, 4.69) is 39.1 Å². The fourth-order valence-corrected chi connectivity index (χ4v) is 6.54. The Bertz CT molecular complexity index is 1230. The summed E-state index contributed by atoms with van der Waals surface area (Å²) in [6.07, 6.45) is 10.1. The van der Waals surface area contributed by atoms with Crippen LogP contribution in [0.15, 0.2) is 73.3 Å². The van der Waals surface area contributed by atoms with Crippen molar-refractivity contribution in [2.75, 3.05) is 32.4 Å². The molecule has 1 aromatic carbocycles. The molecule has 0 amide bonds. The van der Waals surface area contributed by atoms with Gasteiger partial charge in [0.25, 0.3) is 0 Å². The zero-order valence-electron chi connectivity index (χ0n) is 20.2. The van der Waals surface area contributed by atoms with Crippen molar-refractivity contribution in [1.29, 1.82) is 5.26 Å². The monoisotopic (exact) mass is 489 g/mol. The molecule has 4 rings (SSSR count). The molecular formula is C27H31N5O2S. The van der Waals surface area contributed by atoms with Crippen molar-refractivity contribution >= 4 is 10.0 Å². The van der Waals surface area contributed by atoms with Crippen molar-refractivity contribution in [2.45, 2.75) is 31.2 Å². The minimum atomic E-state index is -3.24. The maximum atomic E-state index is 12.3. The van der Waals surface area contributed by atoms with Gasteiger partial charge in [0.1, 0.15) is 0 Å². The molecule has 1 fully saturated rings. The SMILES string of the molecule is CCN(C1CCN(CC(c2cccnc2)(c2cccnc2)c2cccc(C#N)c2)CC1)S(C)(=O)=O. The molecule has 8 heteroatoms. The number of hydrogen-bond acceptors (Lipinski definition) is 6. The maximum Gasteiger partial charge on any atom is 0.211 e. The van der Waals surface area contributed by atoms with Gasteiger partial charge < -0.3 is 4.90 Å². The summed E-state index contributed by atoms with van der Waals surface area (Å²) < 4.78 is 26.1. The molecule has 1 saturated heterocycles. The molecule has 0 saturated carbocycles. The van der Waals surface area contributed by atoms with E-state index in [1.807, 2.05) is 49.6 Å². The number of sulfonamides is 1. The van der Waals surface area contributed by atoms with E-state index < -0.39 is 15.4 Å². The lowest BCUT2D eigenvalue weighted by Gasteiger charge is -2.43.